The van der Waals surface area contributed by atoms with Gasteiger partial charge in [-0.2, -0.15) is 13.2 Å². The average Bonchev–Trinajstić information content (AvgIpc) is 3.78. The zero-order valence-electron chi connectivity index (χ0n) is 33.5. The summed E-state index contributed by atoms with van der Waals surface area (Å²) < 4.78 is 67.1. The number of allylic oxidation sites excluding steroid dienone is 3. The van der Waals surface area contributed by atoms with E-state index in [0.717, 1.165) is 31.8 Å². The average molecular weight is 828 g/mol. The number of likely N-dealkylation sites (N-methyl/N-ethyl adjacent to an activating group) is 1. The number of hydrogen-bond donors (Lipinski definition) is 3. The van der Waals surface area contributed by atoms with Crippen molar-refractivity contribution in [1.29, 1.82) is 0 Å². The molecule has 6 rings (SSSR count). The van der Waals surface area contributed by atoms with Crippen molar-refractivity contribution in [1.82, 2.24) is 0 Å². The van der Waals surface area contributed by atoms with E-state index in [4.69, 9.17) is 38.3 Å². The third-order valence-electron chi connectivity index (χ3n) is 12.3. The van der Waals surface area contributed by atoms with E-state index in [1.807, 2.05) is 51.2 Å². The standard InChI is InChI=1S/C38H52N2O11.C2HF3O2/c1-21-19-22(2)38-26(11-12-27-29(38)30(41)23(3)32(33(27)51-38)50-34(42)25-9-7-8-10-25)20-28(46-6)35(43)49-31(21)24(4)48-37(45)36(44)47-18-17-40-15-13-39(5)14-16-40;3-2(4,5)1(6)7/h7-9,11-12,19,21,23-24,26-33,41H,10,13-18,20H2,1-6H3;(H,6,7)/p+1/b22-19+;/t21-,23-,24-,26-,27?,28+,29?,30-,31+,32-,33-,38+;/m1./s1. The second kappa shape index (κ2) is 18.4. The minimum atomic E-state index is -5.19. The zero-order valence-corrected chi connectivity index (χ0v) is 33.5. The van der Waals surface area contributed by atoms with Gasteiger partial charge in [0.05, 0.1) is 13.2 Å². The second-order valence-electron chi connectivity index (χ2n) is 16.1. The van der Waals surface area contributed by atoms with Crippen LogP contribution in [0.1, 0.15) is 40.5 Å². The summed E-state index contributed by atoms with van der Waals surface area (Å²) in [6, 6.07) is 0. The monoisotopic (exact) mass is 827 g/mol. The van der Waals surface area contributed by atoms with Crippen molar-refractivity contribution in [2.75, 3.05) is 53.5 Å². The molecule has 322 valence electrons. The molecule has 3 N–H and O–H groups in total. The SMILES string of the molecule is CO[C@H]1C[C@H]2C=CC3C4[C@H](O)[C@@H](C)[C@@H](OC(=O)C5=CC=CC5)[C@@H]3O[C@]42/C(C)=C/[C@@H](C)[C@@H]([C@@H](C)OC(=O)C(=O)OCC[NH+]2CC[NH+](C)CC2)OC1=O.O=C([O-])C(F)(F)F. The lowest BCUT2D eigenvalue weighted by molar-refractivity contribution is -1.00. The van der Waals surface area contributed by atoms with E-state index in [0.29, 0.717) is 18.5 Å². The van der Waals surface area contributed by atoms with Crippen molar-refractivity contribution in [3.8, 4) is 0 Å². The predicted molar refractivity (Wildman–Crippen MR) is 192 cm³/mol. The number of carboxylic acid groups (broad SMARTS) is 1. The fourth-order valence-corrected chi connectivity index (χ4v) is 9.19. The third kappa shape index (κ3) is 9.51. The Morgan fingerprint density at radius 3 is 2.38 bits per heavy atom. The number of methoxy groups -OCH3 is 1. The number of aliphatic carboxylic acids is 1. The van der Waals surface area contributed by atoms with Crippen LogP contribution < -0.4 is 14.9 Å². The van der Waals surface area contributed by atoms with Crippen LogP contribution in [0.5, 0.6) is 0 Å². The lowest BCUT2D eigenvalue weighted by Gasteiger charge is -2.49. The summed E-state index contributed by atoms with van der Waals surface area (Å²) in [5, 5.41) is 20.7. The van der Waals surface area contributed by atoms with Gasteiger partial charge in [-0.25, -0.2) is 19.2 Å². The molecule has 2 unspecified atom stereocenters. The number of hydrogen-bond acceptors (Lipinski definition) is 13. The number of carbonyl (C=O) groups excluding carboxylic acids is 5. The molecule has 6 aliphatic rings. The molecule has 0 amide bonds. The molecule has 58 heavy (non-hydrogen) atoms. The van der Waals surface area contributed by atoms with Crippen LogP contribution >= 0.6 is 0 Å². The maximum Gasteiger partial charge on any atom is 0.430 e. The van der Waals surface area contributed by atoms with E-state index < -0.39 is 90.1 Å². The number of aliphatic hydroxyl groups excluding tert-OH is 1. The van der Waals surface area contributed by atoms with Gasteiger partial charge >= 0.3 is 30.1 Å². The van der Waals surface area contributed by atoms with Gasteiger partial charge in [0, 0.05) is 42.3 Å². The number of ether oxygens (including phenoxy) is 6. The summed E-state index contributed by atoms with van der Waals surface area (Å²) in [6.45, 7) is 12.0. The van der Waals surface area contributed by atoms with Gasteiger partial charge in [-0.15, -0.1) is 0 Å². The van der Waals surface area contributed by atoms with Crippen LogP contribution in [0.25, 0.3) is 0 Å². The summed E-state index contributed by atoms with van der Waals surface area (Å²) in [4.78, 5) is 63.9. The highest BCUT2D eigenvalue weighted by Crippen LogP contribution is 2.61. The summed E-state index contributed by atoms with van der Waals surface area (Å²) in [5.74, 6) is -8.25. The maximum absolute atomic E-state index is 13.7. The van der Waals surface area contributed by atoms with Crippen LogP contribution in [0.4, 0.5) is 13.2 Å². The molecule has 1 saturated carbocycles. The molecule has 3 aliphatic heterocycles. The first-order chi connectivity index (χ1) is 27.3. The van der Waals surface area contributed by atoms with Crippen molar-refractivity contribution in [2.24, 2.45) is 29.6 Å². The molecular formula is C40H54F3N2O13+. The number of rotatable bonds is 8. The highest BCUT2D eigenvalue weighted by molar-refractivity contribution is 6.29. The number of quaternary nitrogens is 2. The maximum atomic E-state index is 13.7. The minimum Gasteiger partial charge on any atom is -0.542 e. The normalized spacial score (nSPS) is 38.0. The molecule has 3 aliphatic carbocycles. The van der Waals surface area contributed by atoms with Crippen molar-refractivity contribution in [3.05, 3.63) is 47.6 Å². The number of esters is 4. The number of cyclic esters (lactones) is 1. The Bertz CT molecular complexity index is 1690. The Morgan fingerprint density at radius 2 is 1.78 bits per heavy atom. The number of carbonyl (C=O) groups is 5. The highest BCUT2D eigenvalue weighted by Gasteiger charge is 2.69. The van der Waals surface area contributed by atoms with Gasteiger partial charge in [-0.1, -0.05) is 50.3 Å². The Labute approximate surface area is 334 Å². The van der Waals surface area contributed by atoms with Gasteiger partial charge in [-0.05, 0) is 32.3 Å². The van der Waals surface area contributed by atoms with Crippen molar-refractivity contribution >= 4 is 29.8 Å². The van der Waals surface area contributed by atoms with E-state index in [1.54, 1.807) is 13.0 Å². The Balaban J connectivity index is 0.000000839. The Morgan fingerprint density at radius 1 is 1.10 bits per heavy atom. The molecule has 0 aromatic carbocycles. The first-order valence-electron chi connectivity index (χ1n) is 19.6. The fourth-order valence-electron chi connectivity index (χ4n) is 9.19. The molecule has 1 spiro atoms. The van der Waals surface area contributed by atoms with Crippen LogP contribution in [0.2, 0.25) is 0 Å². The zero-order chi connectivity index (χ0) is 42.7. The number of nitrogens with one attached hydrogen (secondary N) is 2. The lowest BCUT2D eigenvalue weighted by atomic mass is 9.57. The van der Waals surface area contributed by atoms with Crippen LogP contribution in [-0.4, -0.2) is 137 Å². The number of carboxylic acids is 1. The summed E-state index contributed by atoms with van der Waals surface area (Å²) >= 11 is 0. The molecule has 0 aromatic heterocycles. The van der Waals surface area contributed by atoms with Gasteiger partial charge in [0.15, 0.2) is 6.10 Å². The molecule has 4 bridgehead atoms. The minimum absolute atomic E-state index is 0.101. The molecule has 2 saturated heterocycles. The highest BCUT2D eigenvalue weighted by atomic mass is 19.4. The molecule has 18 heteroatoms. The van der Waals surface area contributed by atoms with E-state index in [1.165, 1.54) is 16.9 Å². The van der Waals surface area contributed by atoms with Crippen molar-refractivity contribution in [3.63, 3.8) is 0 Å². The number of piperazine rings is 1. The molecule has 3 fully saturated rings. The fraction of sp³-hybridized carbons (Fsp3) is 0.675. The van der Waals surface area contributed by atoms with Gasteiger partial charge in [-0.3, -0.25) is 0 Å². The Kier molecular flexibility index (Phi) is 14.3. The molecular weight excluding hydrogens is 773 g/mol. The second-order valence-corrected chi connectivity index (χ2v) is 16.1. The van der Waals surface area contributed by atoms with Gasteiger partial charge < -0.3 is 53.2 Å². The first kappa shape index (κ1) is 45.0. The van der Waals surface area contributed by atoms with Crippen LogP contribution in [0.3, 0.4) is 0 Å². The van der Waals surface area contributed by atoms with Crippen LogP contribution in [-0.2, 0) is 52.4 Å². The number of alkyl halides is 3. The summed E-state index contributed by atoms with van der Waals surface area (Å²) in [6.07, 6.45) is 1.82. The van der Waals surface area contributed by atoms with E-state index in [-0.39, 0.29) is 30.8 Å². The first-order valence-corrected chi connectivity index (χ1v) is 19.6. The number of halogens is 3. The van der Waals surface area contributed by atoms with Gasteiger partial charge in [0.1, 0.15) is 75.3 Å². The van der Waals surface area contributed by atoms with Crippen molar-refractivity contribution in [2.45, 2.75) is 88.9 Å². The molecule has 12 atom stereocenters. The van der Waals surface area contributed by atoms with Crippen LogP contribution in [0, 0.1) is 29.6 Å². The van der Waals surface area contributed by atoms with Crippen molar-refractivity contribution < 1.29 is 85.6 Å². The summed E-state index contributed by atoms with van der Waals surface area (Å²) in [7, 11) is 3.58. The van der Waals surface area contributed by atoms with E-state index in [2.05, 4.69) is 7.05 Å². The van der Waals surface area contributed by atoms with Gasteiger partial charge in [0.25, 0.3) is 0 Å². The number of aliphatic hydroxyl groups is 1. The molecule has 0 radical (unpaired) electrons. The van der Waals surface area contributed by atoms with E-state index in [9.17, 15) is 37.5 Å². The van der Waals surface area contributed by atoms with Gasteiger partial charge in [0.2, 0.25) is 0 Å². The molecule has 0 aromatic rings. The largest absolute Gasteiger partial charge is 0.542 e. The quantitative estimate of drug-likeness (QED) is 0.110. The third-order valence-corrected chi connectivity index (χ3v) is 12.3. The summed E-state index contributed by atoms with van der Waals surface area (Å²) in [5.41, 5.74) is 0.321. The molecule has 3 heterocycles. The lowest BCUT2D eigenvalue weighted by Crippen LogP contribution is -3.27. The smallest absolute Gasteiger partial charge is 0.430 e. The molecule has 15 nitrogen and oxygen atoms in total. The topological polar surface area (TPSA) is 193 Å². The Hall–Kier alpha value is -4.10. The van der Waals surface area contributed by atoms with Crippen LogP contribution in [0.15, 0.2) is 47.6 Å². The van der Waals surface area contributed by atoms with E-state index >= 15 is 0 Å². The predicted octanol–water partition coefficient (Wildman–Crippen LogP) is -1.55.